The zero-order valence-electron chi connectivity index (χ0n) is 19.4. The summed E-state index contributed by atoms with van der Waals surface area (Å²) in [6, 6.07) is 3.97. The van der Waals surface area contributed by atoms with Crippen LogP contribution in [0.1, 0.15) is 44.3 Å². The monoisotopic (exact) mass is 560 g/mol. The minimum absolute atomic E-state index is 0. The number of hydrogen-bond acceptors (Lipinski definition) is 5. The largest absolute Gasteiger partial charge is 0.469 e. The van der Waals surface area contributed by atoms with E-state index in [2.05, 4.69) is 15.5 Å². The highest BCUT2D eigenvalue weighted by Crippen LogP contribution is 2.37. The maximum absolute atomic E-state index is 5.57. The molecule has 7 nitrogen and oxygen atoms in total. The molecule has 0 bridgehead atoms. The van der Waals surface area contributed by atoms with Crippen molar-refractivity contribution in [2.45, 2.75) is 44.9 Å². The average Bonchev–Trinajstić information content (AvgIpc) is 3.51. The molecule has 1 aromatic rings. The Morgan fingerprint density at radius 2 is 1.94 bits per heavy atom. The predicted molar refractivity (Wildman–Crippen MR) is 138 cm³/mol. The lowest BCUT2D eigenvalue weighted by Gasteiger charge is -2.41. The number of ether oxygens (including phenoxy) is 2. The molecule has 1 atom stereocenters. The molecular weight excluding hydrogens is 519 g/mol. The van der Waals surface area contributed by atoms with Crippen molar-refractivity contribution in [1.29, 1.82) is 0 Å². The second-order valence-electron chi connectivity index (χ2n) is 9.48. The number of hydrogen-bond donors (Lipinski definition) is 2. The Kier molecular flexibility index (Phi) is 11.1. The van der Waals surface area contributed by atoms with E-state index in [0.717, 1.165) is 90.3 Å². The van der Waals surface area contributed by atoms with Crippen LogP contribution in [-0.2, 0) is 15.9 Å². The maximum atomic E-state index is 5.57. The summed E-state index contributed by atoms with van der Waals surface area (Å²) in [7, 11) is 0. The van der Waals surface area contributed by atoms with Crippen LogP contribution < -0.4 is 10.6 Å². The molecule has 0 aromatic carbocycles. The summed E-state index contributed by atoms with van der Waals surface area (Å²) in [5.74, 6) is 2.52. The minimum atomic E-state index is 0. The van der Waals surface area contributed by atoms with E-state index < -0.39 is 0 Å². The van der Waals surface area contributed by atoms with Crippen LogP contribution in [0.5, 0.6) is 0 Å². The summed E-state index contributed by atoms with van der Waals surface area (Å²) < 4.78 is 16.6. The normalized spacial score (nSPS) is 24.1. The fourth-order valence-corrected chi connectivity index (χ4v) is 5.07. The maximum Gasteiger partial charge on any atom is 0.191 e. The van der Waals surface area contributed by atoms with Crippen molar-refractivity contribution in [2.24, 2.45) is 16.3 Å². The Labute approximate surface area is 210 Å². The molecule has 2 saturated heterocycles. The van der Waals surface area contributed by atoms with E-state index in [-0.39, 0.29) is 24.0 Å². The molecule has 1 aromatic heterocycles. The molecule has 2 N–H and O–H groups in total. The Balaban J connectivity index is 0.00000289. The minimum Gasteiger partial charge on any atom is -0.469 e. The van der Waals surface area contributed by atoms with Gasteiger partial charge in [-0.2, -0.15) is 0 Å². The van der Waals surface area contributed by atoms with E-state index in [1.807, 2.05) is 12.1 Å². The van der Waals surface area contributed by atoms with Gasteiger partial charge in [-0.1, -0.05) is 19.3 Å². The Hall–Kier alpha value is -0.840. The highest BCUT2D eigenvalue weighted by atomic mass is 127. The van der Waals surface area contributed by atoms with Crippen molar-refractivity contribution < 1.29 is 13.9 Å². The summed E-state index contributed by atoms with van der Waals surface area (Å²) in [6.45, 7) is 9.35. The molecule has 4 rings (SSSR count). The molecule has 32 heavy (non-hydrogen) atoms. The smallest absolute Gasteiger partial charge is 0.191 e. The molecule has 3 aliphatic rings. The van der Waals surface area contributed by atoms with E-state index >= 15 is 0 Å². The van der Waals surface area contributed by atoms with Gasteiger partial charge in [0.1, 0.15) is 5.76 Å². The molecule has 0 amide bonds. The average molecular weight is 561 g/mol. The quantitative estimate of drug-likeness (QED) is 0.275. The molecule has 8 heteroatoms. The second-order valence-corrected chi connectivity index (χ2v) is 9.48. The van der Waals surface area contributed by atoms with E-state index in [1.54, 1.807) is 6.26 Å². The molecule has 182 valence electrons. The third-order valence-corrected chi connectivity index (χ3v) is 6.98. The van der Waals surface area contributed by atoms with Crippen molar-refractivity contribution in [1.82, 2.24) is 15.5 Å². The van der Waals surface area contributed by atoms with Gasteiger partial charge in [0.25, 0.3) is 0 Å². The van der Waals surface area contributed by atoms with Gasteiger partial charge in [0.05, 0.1) is 26.1 Å². The molecule has 3 fully saturated rings. The Morgan fingerprint density at radius 3 is 2.66 bits per heavy atom. The highest BCUT2D eigenvalue weighted by Gasteiger charge is 2.34. The van der Waals surface area contributed by atoms with Crippen molar-refractivity contribution in [3.63, 3.8) is 0 Å². The molecule has 1 unspecified atom stereocenters. The zero-order valence-corrected chi connectivity index (χ0v) is 21.7. The third-order valence-electron chi connectivity index (χ3n) is 6.98. The van der Waals surface area contributed by atoms with Crippen LogP contribution in [0.15, 0.2) is 27.8 Å². The van der Waals surface area contributed by atoms with Gasteiger partial charge in [-0.3, -0.25) is 9.89 Å². The van der Waals surface area contributed by atoms with Crippen LogP contribution in [0.4, 0.5) is 0 Å². The van der Waals surface area contributed by atoms with E-state index in [1.165, 1.54) is 32.1 Å². The number of furan rings is 1. The predicted octanol–water partition coefficient (Wildman–Crippen LogP) is 3.29. The second kappa shape index (κ2) is 13.8. The number of aliphatic imine (C=N–C) groups is 1. The van der Waals surface area contributed by atoms with Crippen LogP contribution in [-0.4, -0.2) is 76.6 Å². The molecule has 0 spiro atoms. The van der Waals surface area contributed by atoms with Crippen LogP contribution in [0, 0.1) is 11.3 Å². The SMILES string of the molecule is I.c1coc(CCNC(=NCC2(CN3CCOCC3)CCCCC2)NCC2CCOC2)c1. The first-order valence-electron chi connectivity index (χ1n) is 12.2. The van der Waals surface area contributed by atoms with Crippen LogP contribution >= 0.6 is 24.0 Å². The van der Waals surface area contributed by atoms with Gasteiger partial charge >= 0.3 is 0 Å². The topological polar surface area (TPSA) is 71.3 Å². The fraction of sp³-hybridized carbons (Fsp3) is 0.792. The molecule has 1 saturated carbocycles. The Bertz CT molecular complexity index is 652. The zero-order chi connectivity index (χ0) is 21.2. The van der Waals surface area contributed by atoms with E-state index in [4.69, 9.17) is 18.9 Å². The van der Waals surface area contributed by atoms with E-state index in [9.17, 15) is 0 Å². The molecule has 2 aliphatic heterocycles. The molecule has 0 radical (unpaired) electrons. The van der Waals surface area contributed by atoms with Gasteiger partial charge < -0.3 is 24.5 Å². The third kappa shape index (κ3) is 8.18. The van der Waals surface area contributed by atoms with Crippen LogP contribution in [0.2, 0.25) is 0 Å². The van der Waals surface area contributed by atoms with Gasteiger partial charge in [0.15, 0.2) is 5.96 Å². The first-order chi connectivity index (χ1) is 15.3. The lowest BCUT2D eigenvalue weighted by atomic mass is 9.73. The summed E-state index contributed by atoms with van der Waals surface area (Å²) in [4.78, 5) is 7.72. The molecule has 3 heterocycles. The van der Waals surface area contributed by atoms with Crippen molar-refractivity contribution in [2.75, 3.05) is 65.7 Å². The van der Waals surface area contributed by atoms with Crippen molar-refractivity contribution >= 4 is 29.9 Å². The number of rotatable bonds is 9. The summed E-state index contributed by atoms with van der Waals surface area (Å²) in [6.07, 6.45) is 10.3. The number of nitrogens with one attached hydrogen (secondary N) is 2. The number of halogens is 1. The number of morpholine rings is 1. The fourth-order valence-electron chi connectivity index (χ4n) is 5.07. The Morgan fingerprint density at radius 1 is 1.09 bits per heavy atom. The van der Waals surface area contributed by atoms with Gasteiger partial charge in [-0.05, 0) is 31.4 Å². The highest BCUT2D eigenvalue weighted by molar-refractivity contribution is 14.0. The number of guanidine groups is 1. The first kappa shape index (κ1) is 25.8. The standard InChI is InChI=1S/C24H40N4O3.HI/c1-2-8-24(9-3-1,20-28-11-15-29-16-12-28)19-27-23(26-17-21-7-14-30-18-21)25-10-6-22-5-4-13-31-22;/h4-5,13,21H,1-3,6-12,14-20H2,(H2,25,26,27);1H. The van der Waals surface area contributed by atoms with Crippen molar-refractivity contribution in [3.8, 4) is 0 Å². The van der Waals surface area contributed by atoms with Crippen LogP contribution in [0.25, 0.3) is 0 Å². The van der Waals surface area contributed by atoms with Gasteiger partial charge in [-0.15, -0.1) is 24.0 Å². The lowest BCUT2D eigenvalue weighted by molar-refractivity contribution is 0.00937. The summed E-state index contributed by atoms with van der Waals surface area (Å²) in [5.41, 5.74) is 0.293. The van der Waals surface area contributed by atoms with Gasteiger partial charge in [0.2, 0.25) is 0 Å². The van der Waals surface area contributed by atoms with Crippen molar-refractivity contribution in [3.05, 3.63) is 24.2 Å². The lowest BCUT2D eigenvalue weighted by Crippen LogP contribution is -2.47. The van der Waals surface area contributed by atoms with Gasteiger partial charge in [0, 0.05) is 63.6 Å². The van der Waals surface area contributed by atoms with Crippen LogP contribution in [0.3, 0.4) is 0 Å². The summed E-state index contributed by atoms with van der Waals surface area (Å²) in [5, 5.41) is 7.14. The first-order valence-corrected chi connectivity index (χ1v) is 12.2. The molecule has 1 aliphatic carbocycles. The van der Waals surface area contributed by atoms with Gasteiger partial charge in [-0.25, -0.2) is 0 Å². The summed E-state index contributed by atoms with van der Waals surface area (Å²) >= 11 is 0. The van der Waals surface area contributed by atoms with E-state index in [0.29, 0.717) is 11.3 Å². The number of nitrogens with zero attached hydrogens (tertiary/aromatic N) is 2. The molecular formula is C24H41IN4O3.